The van der Waals surface area contributed by atoms with E-state index < -0.39 is 0 Å². The van der Waals surface area contributed by atoms with E-state index in [-0.39, 0.29) is 6.61 Å². The van der Waals surface area contributed by atoms with Gasteiger partial charge >= 0.3 is 0 Å². The molecule has 0 bridgehead atoms. The van der Waals surface area contributed by atoms with Gasteiger partial charge in [-0.3, -0.25) is 0 Å². The molecule has 0 saturated heterocycles. The number of fused-ring (bicyclic) bond motifs is 1. The van der Waals surface area contributed by atoms with E-state index in [0.29, 0.717) is 12.2 Å². The van der Waals surface area contributed by atoms with Gasteiger partial charge in [0, 0.05) is 19.7 Å². The van der Waals surface area contributed by atoms with Crippen LogP contribution in [0.5, 0.6) is 0 Å². The van der Waals surface area contributed by atoms with Gasteiger partial charge in [0.15, 0.2) is 5.82 Å². The minimum absolute atomic E-state index is 0.0973. The van der Waals surface area contributed by atoms with Crippen molar-refractivity contribution in [3.05, 3.63) is 24.2 Å². The highest BCUT2D eigenvalue weighted by Crippen LogP contribution is 2.16. The molecule has 0 radical (unpaired) electrons. The Morgan fingerprint density at radius 1 is 1.46 bits per heavy atom. The maximum absolute atomic E-state index is 8.73. The fraction of sp³-hybridized carbons (Fsp3) is 0.333. The predicted molar refractivity (Wildman–Crippen MR) is 48.4 cm³/mol. The molecular weight excluding hydrogens is 166 g/mol. The summed E-state index contributed by atoms with van der Waals surface area (Å²) in [6, 6.07) is 3.85. The van der Waals surface area contributed by atoms with Gasteiger partial charge in [-0.2, -0.15) is 0 Å². The number of hydrogen-bond acceptors (Lipinski definition) is 3. The summed E-state index contributed by atoms with van der Waals surface area (Å²) in [5, 5.41) is 8.73. The van der Waals surface area contributed by atoms with E-state index in [1.54, 1.807) is 0 Å². The standard InChI is InChI=1S/C9H11N3O/c1-12-5-2-3-7-9(12)11-8(10-7)4-6-13/h2-3,5,13H,4,6H2,1H3. The van der Waals surface area contributed by atoms with E-state index in [2.05, 4.69) is 9.97 Å². The first-order valence-electron chi connectivity index (χ1n) is 4.20. The highest BCUT2D eigenvalue weighted by atomic mass is 16.3. The molecule has 0 spiro atoms. The summed E-state index contributed by atoms with van der Waals surface area (Å²) in [4.78, 5) is 8.57. The number of pyridine rings is 1. The number of aliphatic hydroxyl groups excluding tert-OH is 1. The second-order valence-corrected chi connectivity index (χ2v) is 2.94. The zero-order chi connectivity index (χ0) is 9.26. The molecule has 2 heterocycles. The van der Waals surface area contributed by atoms with Crippen molar-refractivity contribution in [1.82, 2.24) is 14.5 Å². The molecule has 4 heteroatoms. The molecule has 0 fully saturated rings. The molecule has 2 aliphatic heterocycles. The average molecular weight is 177 g/mol. The number of aryl methyl sites for hydroxylation is 1. The summed E-state index contributed by atoms with van der Waals surface area (Å²) in [6.45, 7) is 0.0973. The first-order valence-corrected chi connectivity index (χ1v) is 4.20. The maximum atomic E-state index is 8.73. The molecule has 0 aromatic rings. The van der Waals surface area contributed by atoms with Gasteiger partial charge in [-0.05, 0) is 12.1 Å². The lowest BCUT2D eigenvalue weighted by Gasteiger charge is -2.01. The van der Waals surface area contributed by atoms with Crippen molar-refractivity contribution in [3.63, 3.8) is 0 Å². The number of aliphatic hydroxyl groups is 1. The van der Waals surface area contributed by atoms with Gasteiger partial charge < -0.3 is 9.67 Å². The molecule has 0 unspecified atom stereocenters. The number of rotatable bonds is 2. The Morgan fingerprint density at radius 2 is 2.31 bits per heavy atom. The third-order valence-electron chi connectivity index (χ3n) is 1.95. The Bertz CT molecular complexity index is 383. The van der Waals surface area contributed by atoms with Crippen LogP contribution in [-0.2, 0) is 13.5 Å². The van der Waals surface area contributed by atoms with Crippen molar-refractivity contribution in [3.8, 4) is 11.5 Å². The molecule has 2 rings (SSSR count). The van der Waals surface area contributed by atoms with Crippen LogP contribution >= 0.6 is 0 Å². The summed E-state index contributed by atoms with van der Waals surface area (Å²) >= 11 is 0. The Hall–Kier alpha value is -1.42. The number of nitrogens with zero attached hydrogens (tertiary/aromatic N) is 3. The van der Waals surface area contributed by atoms with Gasteiger partial charge in [-0.25, -0.2) is 9.97 Å². The van der Waals surface area contributed by atoms with Crippen molar-refractivity contribution in [1.29, 1.82) is 0 Å². The minimum atomic E-state index is 0.0973. The van der Waals surface area contributed by atoms with Crippen LogP contribution in [0.4, 0.5) is 0 Å². The lowest BCUT2D eigenvalue weighted by molar-refractivity contribution is 0.297. The van der Waals surface area contributed by atoms with Gasteiger partial charge in [-0.1, -0.05) is 0 Å². The zero-order valence-electron chi connectivity index (χ0n) is 7.44. The summed E-state index contributed by atoms with van der Waals surface area (Å²) in [6.07, 6.45) is 2.45. The van der Waals surface area contributed by atoms with Gasteiger partial charge in [0.2, 0.25) is 0 Å². The van der Waals surface area contributed by atoms with Gasteiger partial charge in [-0.15, -0.1) is 0 Å². The smallest absolute Gasteiger partial charge is 0.160 e. The Kier molecular flexibility index (Phi) is 1.98. The van der Waals surface area contributed by atoms with Crippen molar-refractivity contribution in [2.24, 2.45) is 7.05 Å². The molecule has 1 N–H and O–H groups in total. The molecule has 0 aliphatic carbocycles. The first-order chi connectivity index (χ1) is 6.31. The summed E-state index contributed by atoms with van der Waals surface area (Å²) in [5.74, 6) is 1.57. The third kappa shape index (κ3) is 1.40. The van der Waals surface area contributed by atoms with Crippen LogP contribution in [0, 0.1) is 0 Å². The summed E-state index contributed by atoms with van der Waals surface area (Å²) in [7, 11) is 1.93. The number of aromatic nitrogens is 3. The summed E-state index contributed by atoms with van der Waals surface area (Å²) in [5.41, 5.74) is 0.883. The molecule has 0 aromatic carbocycles. The van der Waals surface area contributed by atoms with Crippen LogP contribution in [0.2, 0.25) is 0 Å². The number of hydrogen-bond donors (Lipinski definition) is 1. The first kappa shape index (κ1) is 8.19. The average Bonchev–Trinajstić information content (AvgIpc) is 2.49. The minimum Gasteiger partial charge on any atom is -0.396 e. The highest BCUT2D eigenvalue weighted by Gasteiger charge is 2.10. The second kappa shape index (κ2) is 3.14. The van der Waals surface area contributed by atoms with E-state index in [1.165, 1.54) is 0 Å². The zero-order valence-corrected chi connectivity index (χ0v) is 7.44. The molecule has 0 aromatic heterocycles. The predicted octanol–water partition coefficient (Wildman–Crippen LogP) is 0.455. The second-order valence-electron chi connectivity index (χ2n) is 2.94. The van der Waals surface area contributed by atoms with E-state index in [9.17, 15) is 0 Å². The number of imidazole rings is 1. The van der Waals surface area contributed by atoms with Crippen LogP contribution in [0.3, 0.4) is 0 Å². The maximum Gasteiger partial charge on any atom is 0.160 e. The normalized spacial score (nSPS) is 10.9. The van der Waals surface area contributed by atoms with Crippen molar-refractivity contribution in [2.45, 2.75) is 6.42 Å². The van der Waals surface area contributed by atoms with Gasteiger partial charge in [0.1, 0.15) is 11.5 Å². The summed E-state index contributed by atoms with van der Waals surface area (Å²) < 4.78 is 1.92. The fourth-order valence-corrected chi connectivity index (χ4v) is 1.31. The lowest BCUT2D eigenvalue weighted by Crippen LogP contribution is -1.96. The SMILES string of the molecule is Cn1cccc2nc(CCO)nc1-2. The van der Waals surface area contributed by atoms with E-state index in [0.717, 1.165) is 11.5 Å². The van der Waals surface area contributed by atoms with Crippen LogP contribution < -0.4 is 0 Å². The van der Waals surface area contributed by atoms with Crippen molar-refractivity contribution >= 4 is 0 Å². The van der Waals surface area contributed by atoms with Crippen LogP contribution in [-0.4, -0.2) is 26.2 Å². The molecule has 0 amide bonds. The molecule has 68 valence electrons. The van der Waals surface area contributed by atoms with Gasteiger partial charge in [0.05, 0.1) is 6.61 Å². The molecule has 2 aliphatic rings. The largest absolute Gasteiger partial charge is 0.396 e. The van der Waals surface area contributed by atoms with Crippen molar-refractivity contribution in [2.75, 3.05) is 6.61 Å². The van der Waals surface area contributed by atoms with Gasteiger partial charge in [0.25, 0.3) is 0 Å². The third-order valence-corrected chi connectivity index (χ3v) is 1.95. The van der Waals surface area contributed by atoms with E-state index >= 15 is 0 Å². The molecule has 4 nitrogen and oxygen atoms in total. The van der Waals surface area contributed by atoms with E-state index in [4.69, 9.17) is 5.11 Å². The lowest BCUT2D eigenvalue weighted by atomic mass is 10.3. The molecule has 0 saturated carbocycles. The Labute approximate surface area is 76.2 Å². The van der Waals surface area contributed by atoms with Crippen molar-refractivity contribution < 1.29 is 5.11 Å². The Balaban J connectivity index is 2.49. The van der Waals surface area contributed by atoms with Crippen LogP contribution in [0.1, 0.15) is 5.82 Å². The highest BCUT2D eigenvalue weighted by molar-refractivity contribution is 5.51. The monoisotopic (exact) mass is 177 g/mol. The fourth-order valence-electron chi connectivity index (χ4n) is 1.31. The Morgan fingerprint density at radius 3 is 3.00 bits per heavy atom. The molecule has 13 heavy (non-hydrogen) atoms. The van der Waals surface area contributed by atoms with E-state index in [1.807, 2.05) is 29.9 Å². The van der Waals surface area contributed by atoms with Crippen LogP contribution in [0.25, 0.3) is 11.5 Å². The van der Waals surface area contributed by atoms with Crippen LogP contribution in [0.15, 0.2) is 18.3 Å². The molecule has 0 atom stereocenters. The topological polar surface area (TPSA) is 50.9 Å². The molecular formula is C9H11N3O. The quantitative estimate of drug-likeness (QED) is 0.724.